The predicted molar refractivity (Wildman–Crippen MR) is 102 cm³/mol. The highest BCUT2D eigenvalue weighted by molar-refractivity contribution is 6.30. The van der Waals surface area contributed by atoms with Gasteiger partial charge < -0.3 is 15.1 Å². The number of hydrogen-bond acceptors (Lipinski definition) is 3. The van der Waals surface area contributed by atoms with Gasteiger partial charge in [0.25, 0.3) is 0 Å². The first-order valence-corrected chi connectivity index (χ1v) is 10.0. The highest BCUT2D eigenvalue weighted by Crippen LogP contribution is 2.36. The van der Waals surface area contributed by atoms with Gasteiger partial charge in [0.15, 0.2) is 0 Å². The Hall–Kier alpha value is -2.08. The van der Waals surface area contributed by atoms with Crippen LogP contribution in [0.15, 0.2) is 24.3 Å². The van der Waals surface area contributed by atoms with Gasteiger partial charge in [-0.1, -0.05) is 30.5 Å². The number of benzene rings is 1. The second-order valence-corrected chi connectivity index (χ2v) is 8.15. The van der Waals surface area contributed by atoms with Crippen LogP contribution in [-0.2, 0) is 14.4 Å². The Kier molecular flexibility index (Phi) is 5.08. The number of nitrogens with one attached hydrogen (secondary N) is 1. The molecule has 0 radical (unpaired) electrons. The second kappa shape index (κ2) is 7.50. The fourth-order valence-electron chi connectivity index (χ4n) is 4.72. The normalized spacial score (nSPS) is 28.6. The molecule has 4 rings (SSSR count). The molecule has 1 aromatic rings. The minimum atomic E-state index is -0.297. The van der Waals surface area contributed by atoms with E-state index in [1.54, 1.807) is 21.9 Å². The molecule has 1 N–H and O–H groups in total. The van der Waals surface area contributed by atoms with Crippen molar-refractivity contribution in [1.82, 2.24) is 10.2 Å². The van der Waals surface area contributed by atoms with Crippen LogP contribution >= 0.6 is 11.6 Å². The number of rotatable bonds is 2. The summed E-state index contributed by atoms with van der Waals surface area (Å²) in [5.74, 6) is -0.293. The molecule has 1 aliphatic carbocycles. The summed E-state index contributed by atoms with van der Waals surface area (Å²) >= 11 is 6.03. The zero-order chi connectivity index (χ0) is 19.0. The summed E-state index contributed by atoms with van der Waals surface area (Å²) in [6, 6.07) is 7.29. The van der Waals surface area contributed by atoms with Crippen LogP contribution in [0.3, 0.4) is 0 Å². The van der Waals surface area contributed by atoms with Gasteiger partial charge >= 0.3 is 0 Å². The first-order chi connectivity index (χ1) is 13.0. The maximum atomic E-state index is 13.2. The smallest absolute Gasteiger partial charge is 0.246 e. The van der Waals surface area contributed by atoms with Crippen molar-refractivity contribution >= 4 is 35.0 Å². The van der Waals surface area contributed by atoms with E-state index in [1.165, 1.54) is 0 Å². The van der Waals surface area contributed by atoms with Gasteiger partial charge in [-0.2, -0.15) is 0 Å². The molecule has 3 atom stereocenters. The van der Waals surface area contributed by atoms with Crippen LogP contribution in [0.1, 0.15) is 32.1 Å². The molecule has 7 heteroatoms. The fraction of sp³-hybridized carbons (Fsp3) is 0.550. The average Bonchev–Trinajstić information content (AvgIpc) is 2.66. The zero-order valence-electron chi connectivity index (χ0n) is 15.2. The zero-order valence-corrected chi connectivity index (χ0v) is 16.0. The largest absolute Gasteiger partial charge is 0.353 e. The van der Waals surface area contributed by atoms with Crippen LogP contribution in [0.25, 0.3) is 0 Å². The molecule has 2 aliphatic heterocycles. The SMILES string of the molecule is O=C1CC(C(=O)N2CCN(c3cccc(Cl)c3)C(=O)C2)C2CCCCC2N1. The minimum Gasteiger partial charge on any atom is -0.353 e. The summed E-state index contributed by atoms with van der Waals surface area (Å²) in [6.07, 6.45) is 4.35. The summed E-state index contributed by atoms with van der Waals surface area (Å²) in [5, 5.41) is 3.63. The quantitative estimate of drug-likeness (QED) is 0.843. The number of carbonyl (C=O) groups is 3. The van der Waals surface area contributed by atoms with Crippen LogP contribution in [0.5, 0.6) is 0 Å². The Morgan fingerprint density at radius 1 is 1.15 bits per heavy atom. The van der Waals surface area contributed by atoms with E-state index >= 15 is 0 Å². The number of piperidine rings is 1. The summed E-state index contributed by atoms with van der Waals surface area (Å²) < 4.78 is 0. The minimum absolute atomic E-state index is 0.0409. The molecule has 1 aromatic carbocycles. The molecule has 0 aromatic heterocycles. The fourth-order valence-corrected chi connectivity index (χ4v) is 4.90. The number of nitrogens with zero attached hydrogens (tertiary/aromatic N) is 2. The van der Waals surface area contributed by atoms with E-state index in [1.807, 2.05) is 12.1 Å². The molecule has 144 valence electrons. The van der Waals surface area contributed by atoms with Gasteiger partial charge in [-0.3, -0.25) is 14.4 Å². The lowest BCUT2D eigenvalue weighted by Crippen LogP contribution is -2.58. The van der Waals surface area contributed by atoms with E-state index in [4.69, 9.17) is 11.6 Å². The number of amides is 3. The Morgan fingerprint density at radius 2 is 1.96 bits per heavy atom. The van der Waals surface area contributed by atoms with E-state index in [2.05, 4.69) is 5.32 Å². The third-order valence-corrected chi connectivity index (χ3v) is 6.29. The summed E-state index contributed by atoms with van der Waals surface area (Å²) in [5.41, 5.74) is 0.754. The van der Waals surface area contributed by atoms with Gasteiger partial charge in [0.2, 0.25) is 17.7 Å². The Bertz CT molecular complexity index is 769. The van der Waals surface area contributed by atoms with E-state index in [9.17, 15) is 14.4 Å². The second-order valence-electron chi connectivity index (χ2n) is 7.72. The Labute approximate surface area is 163 Å². The first kappa shape index (κ1) is 18.3. The van der Waals surface area contributed by atoms with Crippen molar-refractivity contribution in [3.63, 3.8) is 0 Å². The summed E-state index contributed by atoms with van der Waals surface area (Å²) in [7, 11) is 0. The van der Waals surface area contributed by atoms with Crippen LogP contribution in [0.2, 0.25) is 5.02 Å². The molecule has 0 spiro atoms. The molecule has 6 nitrogen and oxygen atoms in total. The molecule has 2 saturated heterocycles. The number of carbonyl (C=O) groups excluding carboxylic acids is 3. The molecule has 3 unspecified atom stereocenters. The monoisotopic (exact) mass is 389 g/mol. The first-order valence-electron chi connectivity index (χ1n) is 9.67. The maximum Gasteiger partial charge on any atom is 0.246 e. The molecule has 3 aliphatic rings. The standard InChI is InChI=1S/C20H24ClN3O3/c21-13-4-3-5-14(10-13)24-9-8-23(12-19(24)26)20(27)16-11-18(25)22-17-7-2-1-6-15(16)17/h3-5,10,15-17H,1-2,6-9,11-12H2,(H,22,25). The van der Waals surface area contributed by atoms with Crippen LogP contribution < -0.4 is 10.2 Å². The topological polar surface area (TPSA) is 69.7 Å². The number of fused-ring (bicyclic) bond motifs is 1. The van der Waals surface area contributed by atoms with Gasteiger partial charge in [-0.25, -0.2) is 0 Å². The van der Waals surface area contributed by atoms with Crippen molar-refractivity contribution in [2.75, 3.05) is 24.5 Å². The van der Waals surface area contributed by atoms with Crippen molar-refractivity contribution in [2.24, 2.45) is 11.8 Å². The maximum absolute atomic E-state index is 13.2. The molecule has 3 amide bonds. The van der Waals surface area contributed by atoms with E-state index < -0.39 is 0 Å². The van der Waals surface area contributed by atoms with Gasteiger partial charge in [0.1, 0.15) is 6.54 Å². The lowest BCUT2D eigenvalue weighted by atomic mass is 9.72. The molecular weight excluding hydrogens is 366 g/mol. The van der Waals surface area contributed by atoms with Crippen molar-refractivity contribution < 1.29 is 14.4 Å². The number of anilines is 1. The van der Waals surface area contributed by atoms with Crippen molar-refractivity contribution in [1.29, 1.82) is 0 Å². The molecule has 27 heavy (non-hydrogen) atoms. The third-order valence-electron chi connectivity index (χ3n) is 6.06. The lowest BCUT2D eigenvalue weighted by Gasteiger charge is -2.43. The number of hydrogen-bond donors (Lipinski definition) is 1. The molecule has 1 saturated carbocycles. The molecule has 2 heterocycles. The van der Waals surface area contributed by atoms with Gasteiger partial charge in [-0.05, 0) is 37.0 Å². The predicted octanol–water partition coefficient (Wildman–Crippen LogP) is 2.21. The van der Waals surface area contributed by atoms with Crippen molar-refractivity contribution in [3.8, 4) is 0 Å². The summed E-state index contributed by atoms with van der Waals surface area (Å²) in [6.45, 7) is 0.978. The number of piperazine rings is 1. The van der Waals surface area contributed by atoms with Crippen LogP contribution in [0, 0.1) is 11.8 Å². The van der Waals surface area contributed by atoms with E-state index in [-0.39, 0.29) is 48.6 Å². The van der Waals surface area contributed by atoms with Crippen molar-refractivity contribution in [2.45, 2.75) is 38.1 Å². The highest BCUT2D eigenvalue weighted by atomic mass is 35.5. The van der Waals surface area contributed by atoms with E-state index in [0.29, 0.717) is 18.1 Å². The van der Waals surface area contributed by atoms with Gasteiger partial charge in [0, 0.05) is 36.3 Å². The van der Waals surface area contributed by atoms with Crippen LogP contribution in [0.4, 0.5) is 5.69 Å². The van der Waals surface area contributed by atoms with Gasteiger partial charge in [0.05, 0.1) is 5.92 Å². The van der Waals surface area contributed by atoms with E-state index in [0.717, 1.165) is 31.4 Å². The highest BCUT2D eigenvalue weighted by Gasteiger charge is 2.44. The van der Waals surface area contributed by atoms with Crippen LogP contribution in [-0.4, -0.2) is 48.3 Å². The lowest BCUT2D eigenvalue weighted by molar-refractivity contribution is -0.147. The molecule has 3 fully saturated rings. The third kappa shape index (κ3) is 3.68. The average molecular weight is 390 g/mol. The van der Waals surface area contributed by atoms with Gasteiger partial charge in [-0.15, -0.1) is 0 Å². The van der Waals surface area contributed by atoms with Crippen molar-refractivity contribution in [3.05, 3.63) is 29.3 Å². The Morgan fingerprint density at radius 3 is 2.74 bits per heavy atom. The Balaban J connectivity index is 1.46. The molecular formula is C20H24ClN3O3. The molecule has 0 bridgehead atoms. The summed E-state index contributed by atoms with van der Waals surface area (Å²) in [4.78, 5) is 41.2. The number of halogens is 1.